The van der Waals surface area contributed by atoms with Crippen molar-refractivity contribution in [2.75, 3.05) is 0 Å². The van der Waals surface area contributed by atoms with Crippen molar-refractivity contribution in [3.63, 3.8) is 0 Å². The number of carbonyl (C=O) groups is 1. The predicted molar refractivity (Wildman–Crippen MR) is 81.3 cm³/mol. The first kappa shape index (κ1) is 17.2. The first-order chi connectivity index (χ1) is 9.65. The molecule has 0 aromatic heterocycles. The molecular weight excluding hydrogens is 252 g/mol. The Labute approximate surface area is 123 Å². The molecule has 0 amide bonds. The molecule has 1 heterocycles. The summed E-state index contributed by atoms with van der Waals surface area (Å²) < 4.78 is 5.36. The van der Waals surface area contributed by atoms with Gasteiger partial charge in [-0.1, -0.05) is 58.3 Å². The quantitative estimate of drug-likeness (QED) is 0.600. The topological polar surface area (TPSA) is 46.5 Å². The number of hydrogen-bond donors (Lipinski definition) is 1. The fraction of sp³-hybridized carbons (Fsp3) is 0.824. The van der Waals surface area contributed by atoms with Crippen LogP contribution in [0.3, 0.4) is 0 Å². The Morgan fingerprint density at radius 3 is 2.20 bits per heavy atom. The van der Waals surface area contributed by atoms with Crippen molar-refractivity contribution in [2.45, 2.75) is 90.8 Å². The van der Waals surface area contributed by atoms with Crippen molar-refractivity contribution < 1.29 is 14.6 Å². The summed E-state index contributed by atoms with van der Waals surface area (Å²) in [7, 11) is 0. The lowest BCUT2D eigenvalue weighted by atomic mass is 10.0. The molecule has 0 bridgehead atoms. The van der Waals surface area contributed by atoms with Crippen LogP contribution in [0.2, 0.25) is 0 Å². The Bertz CT molecular complexity index is 320. The molecule has 1 rings (SSSR count). The molecule has 0 radical (unpaired) electrons. The van der Waals surface area contributed by atoms with Gasteiger partial charge in [0, 0.05) is 12.0 Å². The third-order valence-corrected chi connectivity index (χ3v) is 3.98. The van der Waals surface area contributed by atoms with Gasteiger partial charge >= 0.3 is 0 Å². The highest BCUT2D eigenvalue weighted by Gasteiger charge is 2.24. The third-order valence-electron chi connectivity index (χ3n) is 3.98. The normalized spacial score (nSPS) is 19.4. The van der Waals surface area contributed by atoms with Crippen LogP contribution in [-0.4, -0.2) is 17.2 Å². The van der Waals surface area contributed by atoms with E-state index in [0.717, 1.165) is 12.8 Å². The Balaban J connectivity index is 2.06. The van der Waals surface area contributed by atoms with Gasteiger partial charge in [-0.2, -0.15) is 0 Å². The highest BCUT2D eigenvalue weighted by molar-refractivity contribution is 5.96. The highest BCUT2D eigenvalue weighted by Crippen LogP contribution is 2.24. The molecule has 0 aliphatic carbocycles. The number of rotatable bonds is 10. The van der Waals surface area contributed by atoms with Gasteiger partial charge in [0.25, 0.3) is 0 Å². The molecule has 3 nitrogen and oxygen atoms in total. The van der Waals surface area contributed by atoms with Crippen LogP contribution in [0.25, 0.3) is 0 Å². The van der Waals surface area contributed by atoms with Gasteiger partial charge in [-0.3, -0.25) is 4.79 Å². The Morgan fingerprint density at radius 2 is 1.60 bits per heavy atom. The molecule has 0 saturated heterocycles. The molecular formula is C17H30O3. The smallest absolute Gasteiger partial charge is 0.204 e. The summed E-state index contributed by atoms with van der Waals surface area (Å²) in [5.74, 6) is 0.728. The van der Waals surface area contributed by atoms with Crippen molar-refractivity contribution in [2.24, 2.45) is 0 Å². The Kier molecular flexibility index (Phi) is 8.59. The van der Waals surface area contributed by atoms with E-state index in [9.17, 15) is 9.90 Å². The molecule has 20 heavy (non-hydrogen) atoms. The number of carbonyl (C=O) groups excluding carboxylic acids is 1. The predicted octanol–water partition coefficient (Wildman–Crippen LogP) is 4.49. The van der Waals surface area contributed by atoms with Gasteiger partial charge in [-0.15, -0.1) is 0 Å². The second-order valence-corrected chi connectivity index (χ2v) is 5.83. The van der Waals surface area contributed by atoms with Gasteiger partial charge in [-0.25, -0.2) is 0 Å². The standard InChI is InChI=1S/C17H30O3/c1-3-4-5-6-7-8-9-10-11-12-16-14(2)15(18)13-17(19)20-16/h17,19H,3-13H2,1-2H3. The second-order valence-electron chi connectivity index (χ2n) is 5.83. The minimum Gasteiger partial charge on any atom is -0.469 e. The van der Waals surface area contributed by atoms with E-state index in [2.05, 4.69) is 6.92 Å². The van der Waals surface area contributed by atoms with Gasteiger partial charge in [0.1, 0.15) is 5.76 Å². The summed E-state index contributed by atoms with van der Waals surface area (Å²) in [5.41, 5.74) is 0.704. The number of unbranched alkanes of at least 4 members (excludes halogenated alkanes) is 8. The van der Waals surface area contributed by atoms with Gasteiger partial charge in [0.05, 0.1) is 6.42 Å². The Morgan fingerprint density at radius 1 is 1.05 bits per heavy atom. The van der Waals surface area contributed by atoms with E-state index < -0.39 is 6.29 Å². The lowest BCUT2D eigenvalue weighted by Crippen LogP contribution is -2.24. The maximum atomic E-state index is 11.6. The van der Waals surface area contributed by atoms with E-state index in [1.807, 2.05) is 0 Å². The van der Waals surface area contributed by atoms with Crippen molar-refractivity contribution >= 4 is 5.78 Å². The average Bonchev–Trinajstić information content (AvgIpc) is 2.42. The summed E-state index contributed by atoms with van der Waals surface area (Å²) in [6, 6.07) is 0. The molecule has 3 heteroatoms. The number of aliphatic hydroxyl groups excluding tert-OH is 1. The fourth-order valence-corrected chi connectivity index (χ4v) is 2.60. The molecule has 1 N–H and O–H groups in total. The zero-order valence-electron chi connectivity index (χ0n) is 13.1. The van der Waals surface area contributed by atoms with Crippen molar-refractivity contribution in [3.05, 3.63) is 11.3 Å². The largest absolute Gasteiger partial charge is 0.469 e. The third kappa shape index (κ3) is 6.56. The van der Waals surface area contributed by atoms with Crippen LogP contribution >= 0.6 is 0 Å². The summed E-state index contributed by atoms with van der Waals surface area (Å²) in [6.07, 6.45) is 11.5. The molecule has 1 unspecified atom stereocenters. The fourth-order valence-electron chi connectivity index (χ4n) is 2.60. The summed E-state index contributed by atoms with van der Waals surface area (Å²) in [4.78, 5) is 11.6. The molecule has 0 aromatic carbocycles. The van der Waals surface area contributed by atoms with Crippen LogP contribution in [0.15, 0.2) is 11.3 Å². The lowest BCUT2D eigenvalue weighted by molar-refractivity contribution is -0.132. The van der Waals surface area contributed by atoms with Crippen molar-refractivity contribution in [1.82, 2.24) is 0 Å². The first-order valence-electron chi connectivity index (χ1n) is 8.22. The zero-order chi connectivity index (χ0) is 14.8. The molecule has 0 saturated carbocycles. The number of hydrogen-bond acceptors (Lipinski definition) is 3. The van der Waals surface area contributed by atoms with Crippen LogP contribution in [0.1, 0.15) is 84.5 Å². The number of ketones is 1. The van der Waals surface area contributed by atoms with E-state index in [0.29, 0.717) is 11.3 Å². The first-order valence-corrected chi connectivity index (χ1v) is 8.22. The second kappa shape index (κ2) is 9.98. The van der Waals surface area contributed by atoms with Crippen LogP contribution in [0.4, 0.5) is 0 Å². The molecule has 0 fully saturated rings. The van der Waals surface area contributed by atoms with E-state index in [-0.39, 0.29) is 12.2 Å². The van der Waals surface area contributed by atoms with Crippen LogP contribution in [-0.2, 0) is 9.53 Å². The van der Waals surface area contributed by atoms with Crippen molar-refractivity contribution in [3.8, 4) is 0 Å². The van der Waals surface area contributed by atoms with E-state index in [1.165, 1.54) is 51.4 Å². The van der Waals surface area contributed by atoms with E-state index >= 15 is 0 Å². The molecule has 0 aromatic rings. The minimum atomic E-state index is -0.931. The van der Waals surface area contributed by atoms with Gasteiger partial charge < -0.3 is 9.84 Å². The average molecular weight is 282 g/mol. The van der Waals surface area contributed by atoms with E-state index in [4.69, 9.17) is 4.74 Å². The van der Waals surface area contributed by atoms with Gasteiger partial charge in [0.2, 0.25) is 6.29 Å². The Hall–Kier alpha value is -0.830. The summed E-state index contributed by atoms with van der Waals surface area (Å²) >= 11 is 0. The monoisotopic (exact) mass is 282 g/mol. The van der Waals surface area contributed by atoms with Crippen LogP contribution in [0.5, 0.6) is 0 Å². The van der Waals surface area contributed by atoms with Crippen LogP contribution < -0.4 is 0 Å². The van der Waals surface area contributed by atoms with Crippen LogP contribution in [0, 0.1) is 0 Å². The van der Waals surface area contributed by atoms with Gasteiger partial charge in [-0.05, 0) is 13.3 Å². The number of Topliss-reactive ketones (excluding diaryl/α,β-unsaturated/α-hetero) is 1. The molecule has 116 valence electrons. The highest BCUT2D eigenvalue weighted by atomic mass is 16.6. The number of allylic oxidation sites excluding steroid dienone is 2. The molecule has 1 aliphatic rings. The summed E-state index contributed by atoms with van der Waals surface area (Å²) in [5, 5.41) is 9.43. The van der Waals surface area contributed by atoms with E-state index in [1.54, 1.807) is 6.92 Å². The number of ether oxygens (including phenoxy) is 1. The minimum absolute atomic E-state index is 0.0228. The molecule has 1 atom stereocenters. The zero-order valence-corrected chi connectivity index (χ0v) is 13.1. The van der Waals surface area contributed by atoms with Gasteiger partial charge in [0.15, 0.2) is 5.78 Å². The molecule has 1 aliphatic heterocycles. The SMILES string of the molecule is CCCCCCCCCCCC1=C(C)C(=O)CC(O)O1. The number of aliphatic hydroxyl groups is 1. The summed E-state index contributed by atoms with van der Waals surface area (Å²) in [6.45, 7) is 4.04. The lowest BCUT2D eigenvalue weighted by Gasteiger charge is -2.22. The maximum absolute atomic E-state index is 11.6. The van der Waals surface area contributed by atoms with Crippen molar-refractivity contribution in [1.29, 1.82) is 0 Å². The molecule has 0 spiro atoms. The maximum Gasteiger partial charge on any atom is 0.204 e.